The Morgan fingerprint density at radius 2 is 2.00 bits per heavy atom. The third-order valence-electron chi connectivity index (χ3n) is 4.90. The molecule has 0 bridgehead atoms. The van der Waals surface area contributed by atoms with Gasteiger partial charge in [-0.3, -0.25) is 4.90 Å². The average molecular weight is 238 g/mol. The molecule has 0 aromatic rings. The van der Waals surface area contributed by atoms with Gasteiger partial charge in [0.1, 0.15) is 0 Å². The predicted octanol–water partition coefficient (Wildman–Crippen LogP) is 2.89. The molecule has 2 rings (SSSR count). The van der Waals surface area contributed by atoms with Crippen molar-refractivity contribution in [3.05, 3.63) is 0 Å². The quantitative estimate of drug-likeness (QED) is 0.813. The molecule has 0 aromatic heterocycles. The van der Waals surface area contributed by atoms with Gasteiger partial charge in [-0.05, 0) is 24.7 Å². The van der Waals surface area contributed by atoms with E-state index in [0.29, 0.717) is 6.04 Å². The number of hydrogen-bond donors (Lipinski definition) is 1. The summed E-state index contributed by atoms with van der Waals surface area (Å²) in [6, 6.07) is 1.60. The maximum atomic E-state index is 3.68. The summed E-state index contributed by atoms with van der Waals surface area (Å²) in [5, 5.41) is 3.68. The van der Waals surface area contributed by atoms with E-state index in [1.165, 1.54) is 51.7 Å². The first-order valence-electron chi connectivity index (χ1n) is 7.69. The van der Waals surface area contributed by atoms with Crippen LogP contribution in [0.5, 0.6) is 0 Å². The number of hydrogen-bond acceptors (Lipinski definition) is 2. The summed E-state index contributed by atoms with van der Waals surface area (Å²) < 4.78 is 0. The van der Waals surface area contributed by atoms with E-state index >= 15 is 0 Å². The normalized spacial score (nSPS) is 36.4. The highest BCUT2D eigenvalue weighted by molar-refractivity contribution is 4.89. The van der Waals surface area contributed by atoms with Crippen LogP contribution in [0.2, 0.25) is 0 Å². The fourth-order valence-corrected chi connectivity index (χ4v) is 3.69. The van der Waals surface area contributed by atoms with Crippen LogP contribution in [0.15, 0.2) is 0 Å². The largest absolute Gasteiger partial charge is 0.311 e. The van der Waals surface area contributed by atoms with Crippen LogP contribution < -0.4 is 5.32 Å². The molecule has 0 aromatic carbocycles. The summed E-state index contributed by atoms with van der Waals surface area (Å²) in [5.41, 5.74) is 0. The maximum Gasteiger partial charge on any atom is 0.0218 e. The van der Waals surface area contributed by atoms with Crippen LogP contribution in [0.3, 0.4) is 0 Å². The number of nitrogens with zero attached hydrogens (tertiary/aromatic N) is 1. The summed E-state index contributed by atoms with van der Waals surface area (Å²) in [5.74, 6) is 1.73. The third-order valence-corrected chi connectivity index (χ3v) is 4.90. The van der Waals surface area contributed by atoms with E-state index in [-0.39, 0.29) is 0 Å². The van der Waals surface area contributed by atoms with Crippen molar-refractivity contribution in [1.82, 2.24) is 10.2 Å². The van der Waals surface area contributed by atoms with Crippen LogP contribution in [0.25, 0.3) is 0 Å². The molecule has 3 atom stereocenters. The van der Waals surface area contributed by atoms with Gasteiger partial charge in [-0.25, -0.2) is 0 Å². The van der Waals surface area contributed by atoms with Gasteiger partial charge in [0.25, 0.3) is 0 Å². The Balaban J connectivity index is 1.95. The van der Waals surface area contributed by atoms with Crippen molar-refractivity contribution in [2.24, 2.45) is 11.8 Å². The Morgan fingerprint density at radius 3 is 2.71 bits per heavy atom. The Bertz CT molecular complexity index is 227. The van der Waals surface area contributed by atoms with Crippen LogP contribution in [0.4, 0.5) is 0 Å². The molecular formula is C15H30N2. The van der Waals surface area contributed by atoms with E-state index in [9.17, 15) is 0 Å². The first-order valence-corrected chi connectivity index (χ1v) is 7.69. The lowest BCUT2D eigenvalue weighted by molar-refractivity contribution is 0.0642. The van der Waals surface area contributed by atoms with E-state index in [2.05, 4.69) is 31.0 Å². The lowest BCUT2D eigenvalue weighted by atomic mass is 9.81. The second-order valence-corrected chi connectivity index (χ2v) is 6.32. The zero-order valence-corrected chi connectivity index (χ0v) is 11.9. The van der Waals surface area contributed by atoms with Gasteiger partial charge in [-0.2, -0.15) is 0 Å². The van der Waals surface area contributed by atoms with Gasteiger partial charge in [-0.15, -0.1) is 0 Å². The number of piperazine rings is 1. The summed E-state index contributed by atoms with van der Waals surface area (Å²) >= 11 is 0. The lowest BCUT2D eigenvalue weighted by Crippen LogP contribution is -2.57. The summed E-state index contributed by atoms with van der Waals surface area (Å²) in [6.07, 6.45) is 7.22. The zero-order chi connectivity index (χ0) is 12.3. The highest BCUT2D eigenvalue weighted by Gasteiger charge is 2.32. The van der Waals surface area contributed by atoms with Crippen LogP contribution in [-0.4, -0.2) is 36.6 Å². The molecule has 0 radical (unpaired) electrons. The molecule has 1 N–H and O–H groups in total. The van der Waals surface area contributed by atoms with Gasteiger partial charge in [-0.1, -0.05) is 40.0 Å². The van der Waals surface area contributed by atoms with Gasteiger partial charge in [0.15, 0.2) is 0 Å². The molecule has 1 saturated carbocycles. The van der Waals surface area contributed by atoms with E-state index in [1.54, 1.807) is 0 Å². The fourth-order valence-electron chi connectivity index (χ4n) is 3.69. The molecule has 17 heavy (non-hydrogen) atoms. The molecular weight excluding hydrogens is 208 g/mol. The van der Waals surface area contributed by atoms with Gasteiger partial charge in [0.2, 0.25) is 0 Å². The zero-order valence-electron chi connectivity index (χ0n) is 11.9. The summed E-state index contributed by atoms with van der Waals surface area (Å²) in [6.45, 7) is 10.8. The summed E-state index contributed by atoms with van der Waals surface area (Å²) in [4.78, 5) is 2.80. The van der Waals surface area contributed by atoms with Gasteiger partial charge in [0, 0.05) is 31.7 Å². The Kier molecular flexibility index (Phi) is 4.87. The second-order valence-electron chi connectivity index (χ2n) is 6.32. The van der Waals surface area contributed by atoms with Crippen LogP contribution >= 0.6 is 0 Å². The highest BCUT2D eigenvalue weighted by atomic mass is 15.2. The van der Waals surface area contributed by atoms with Crippen molar-refractivity contribution in [2.45, 2.75) is 65.0 Å². The van der Waals surface area contributed by atoms with E-state index < -0.39 is 0 Å². The van der Waals surface area contributed by atoms with Crippen molar-refractivity contribution >= 4 is 0 Å². The van der Waals surface area contributed by atoms with Gasteiger partial charge < -0.3 is 5.32 Å². The second kappa shape index (κ2) is 6.19. The minimum atomic E-state index is 0.711. The molecule has 2 heteroatoms. The summed E-state index contributed by atoms with van der Waals surface area (Å²) in [7, 11) is 0. The van der Waals surface area contributed by atoms with Crippen LogP contribution in [-0.2, 0) is 0 Å². The smallest absolute Gasteiger partial charge is 0.0218 e. The lowest BCUT2D eigenvalue weighted by Gasteiger charge is -2.45. The molecule has 1 heterocycles. The molecule has 2 fully saturated rings. The first kappa shape index (κ1) is 13.4. The topological polar surface area (TPSA) is 15.3 Å². The molecule has 0 amide bonds. The Morgan fingerprint density at radius 1 is 1.24 bits per heavy atom. The van der Waals surface area contributed by atoms with Crippen molar-refractivity contribution < 1.29 is 0 Å². The Labute approximate surface area is 107 Å². The minimum Gasteiger partial charge on any atom is -0.311 e. The molecule has 3 unspecified atom stereocenters. The predicted molar refractivity (Wildman–Crippen MR) is 74.2 cm³/mol. The molecule has 1 aliphatic carbocycles. The monoisotopic (exact) mass is 238 g/mol. The molecule has 2 nitrogen and oxygen atoms in total. The SMILES string of the molecule is CCC1CCCCC1N1CCNC(C(C)C)C1. The van der Waals surface area contributed by atoms with Crippen molar-refractivity contribution in [3.8, 4) is 0 Å². The highest BCUT2D eigenvalue weighted by Crippen LogP contribution is 2.31. The van der Waals surface area contributed by atoms with Gasteiger partial charge in [0.05, 0.1) is 0 Å². The molecule has 1 saturated heterocycles. The van der Waals surface area contributed by atoms with Crippen molar-refractivity contribution in [2.75, 3.05) is 19.6 Å². The minimum absolute atomic E-state index is 0.711. The molecule has 100 valence electrons. The van der Waals surface area contributed by atoms with Crippen molar-refractivity contribution in [3.63, 3.8) is 0 Å². The van der Waals surface area contributed by atoms with E-state index in [4.69, 9.17) is 0 Å². The van der Waals surface area contributed by atoms with Crippen LogP contribution in [0.1, 0.15) is 52.9 Å². The maximum absolute atomic E-state index is 3.68. The third kappa shape index (κ3) is 3.23. The standard InChI is InChI=1S/C15H30N2/c1-4-13-7-5-6-8-15(13)17-10-9-16-14(11-17)12(2)3/h12-16H,4-11H2,1-3H3. The first-order chi connectivity index (χ1) is 8.22. The fraction of sp³-hybridized carbons (Fsp3) is 1.00. The molecule has 2 aliphatic rings. The van der Waals surface area contributed by atoms with E-state index in [0.717, 1.165) is 17.9 Å². The van der Waals surface area contributed by atoms with E-state index in [1.807, 2.05) is 0 Å². The average Bonchev–Trinajstić information content (AvgIpc) is 2.39. The molecule has 0 spiro atoms. The number of rotatable bonds is 3. The van der Waals surface area contributed by atoms with Crippen LogP contribution in [0, 0.1) is 11.8 Å². The Hall–Kier alpha value is -0.0800. The molecule has 1 aliphatic heterocycles. The number of nitrogens with one attached hydrogen (secondary N) is 1. The van der Waals surface area contributed by atoms with Crippen molar-refractivity contribution in [1.29, 1.82) is 0 Å². The van der Waals surface area contributed by atoms with Gasteiger partial charge >= 0.3 is 0 Å².